The van der Waals surface area contributed by atoms with Gasteiger partial charge in [-0.1, -0.05) is 60.1 Å². The van der Waals surface area contributed by atoms with Crippen molar-refractivity contribution in [2.24, 2.45) is 5.92 Å². The third-order valence-electron chi connectivity index (χ3n) is 10.7. The average molecular weight is 782 g/mol. The quantitative estimate of drug-likeness (QED) is 0.0796. The van der Waals surface area contributed by atoms with E-state index in [1.54, 1.807) is 47.4 Å². The van der Waals surface area contributed by atoms with Gasteiger partial charge in [-0.2, -0.15) is 0 Å². The molecule has 3 atom stereocenters. The number of amides is 2. The summed E-state index contributed by atoms with van der Waals surface area (Å²) < 4.78 is 11.5. The lowest BCUT2D eigenvalue weighted by Gasteiger charge is -2.50. The maximum absolute atomic E-state index is 13.2. The van der Waals surface area contributed by atoms with Crippen LogP contribution < -0.4 is 25.7 Å². The number of aromatic amines is 1. The third-order valence-corrected chi connectivity index (χ3v) is 11.0. The second-order valence-corrected chi connectivity index (χ2v) is 14.6. The lowest BCUT2D eigenvalue weighted by atomic mass is 9.81. The van der Waals surface area contributed by atoms with Crippen molar-refractivity contribution < 1.29 is 34.4 Å². The van der Waals surface area contributed by atoms with Gasteiger partial charge in [0.15, 0.2) is 6.61 Å². The van der Waals surface area contributed by atoms with E-state index in [1.807, 2.05) is 36.4 Å². The van der Waals surface area contributed by atoms with Crippen LogP contribution in [-0.4, -0.2) is 88.0 Å². The minimum absolute atomic E-state index is 0.0926. The van der Waals surface area contributed by atoms with Crippen LogP contribution in [0.25, 0.3) is 10.9 Å². The molecule has 3 aliphatic rings. The SMILES string of the molecule is COc1cc(NC(=O)COc2cccc(C(c3ccccc3)N(C(=O)O)[C@H]3CN4CCC3CC4)c2)c(Cl)cc1CNC[C@@H](O)c1ccc(O)c2[nH]c(=O)ccc12. The van der Waals surface area contributed by atoms with Crippen LogP contribution in [-0.2, 0) is 11.3 Å². The first kappa shape index (κ1) is 38.7. The van der Waals surface area contributed by atoms with Crippen LogP contribution in [0.4, 0.5) is 10.5 Å². The molecular formula is C42H44ClN5O8. The van der Waals surface area contributed by atoms with Crippen molar-refractivity contribution in [3.8, 4) is 17.2 Å². The van der Waals surface area contributed by atoms with Crippen molar-refractivity contribution in [1.29, 1.82) is 0 Å². The molecule has 1 aromatic heterocycles. The molecule has 3 aliphatic heterocycles. The number of aromatic hydroxyl groups is 1. The van der Waals surface area contributed by atoms with Crippen LogP contribution in [0.15, 0.2) is 95.8 Å². The second kappa shape index (κ2) is 17.0. The van der Waals surface area contributed by atoms with Gasteiger partial charge in [-0.05, 0) is 78.9 Å². The second-order valence-electron chi connectivity index (χ2n) is 14.2. The number of aliphatic hydroxyl groups is 1. The average Bonchev–Trinajstić information content (AvgIpc) is 3.21. The van der Waals surface area contributed by atoms with E-state index >= 15 is 0 Å². The number of halogens is 1. The topological polar surface area (TPSA) is 177 Å². The van der Waals surface area contributed by atoms with Crippen molar-refractivity contribution in [3.63, 3.8) is 0 Å². The van der Waals surface area contributed by atoms with E-state index in [0.717, 1.165) is 37.1 Å². The predicted molar refractivity (Wildman–Crippen MR) is 213 cm³/mol. The van der Waals surface area contributed by atoms with Crippen LogP contribution in [0.5, 0.6) is 17.2 Å². The number of methoxy groups -OCH3 is 1. The Morgan fingerprint density at radius 1 is 1.00 bits per heavy atom. The minimum atomic E-state index is -0.975. The van der Waals surface area contributed by atoms with E-state index in [2.05, 4.69) is 20.5 Å². The highest BCUT2D eigenvalue weighted by Crippen LogP contribution is 2.39. The van der Waals surface area contributed by atoms with E-state index < -0.39 is 24.1 Å². The van der Waals surface area contributed by atoms with Crippen molar-refractivity contribution in [2.45, 2.75) is 37.6 Å². The summed E-state index contributed by atoms with van der Waals surface area (Å²) in [5.74, 6) is 0.603. The number of ether oxygens (including phenoxy) is 2. The first-order valence-corrected chi connectivity index (χ1v) is 18.9. The first-order chi connectivity index (χ1) is 27.1. The van der Waals surface area contributed by atoms with E-state index in [0.29, 0.717) is 46.2 Å². The van der Waals surface area contributed by atoms with Gasteiger partial charge in [-0.25, -0.2) is 4.79 Å². The molecule has 1 unspecified atom stereocenters. The van der Waals surface area contributed by atoms with E-state index in [4.69, 9.17) is 21.1 Å². The van der Waals surface area contributed by atoms with Crippen molar-refractivity contribution in [3.05, 3.63) is 129 Å². The molecule has 14 heteroatoms. The number of hydrogen-bond donors (Lipinski definition) is 6. The Bertz CT molecular complexity index is 2260. The molecule has 4 aromatic carbocycles. The van der Waals surface area contributed by atoms with Crippen molar-refractivity contribution >= 4 is 40.2 Å². The molecule has 8 rings (SSSR count). The molecule has 0 radical (unpaired) electrons. The monoisotopic (exact) mass is 781 g/mol. The minimum Gasteiger partial charge on any atom is -0.506 e. The Morgan fingerprint density at radius 2 is 1.77 bits per heavy atom. The normalized spacial score (nSPS) is 18.6. The fourth-order valence-electron chi connectivity index (χ4n) is 7.97. The summed E-state index contributed by atoms with van der Waals surface area (Å²) >= 11 is 6.61. The molecule has 3 fully saturated rings. The summed E-state index contributed by atoms with van der Waals surface area (Å²) in [6, 6.07) is 25.3. The molecule has 6 N–H and O–H groups in total. The number of pyridine rings is 1. The van der Waals surface area contributed by atoms with Crippen LogP contribution in [0.2, 0.25) is 5.02 Å². The highest BCUT2D eigenvalue weighted by Gasteiger charge is 2.43. The zero-order valence-corrected chi connectivity index (χ0v) is 31.5. The Labute approximate surface area is 328 Å². The van der Waals surface area contributed by atoms with Crippen LogP contribution in [0.3, 0.4) is 0 Å². The summed E-state index contributed by atoms with van der Waals surface area (Å²) in [4.78, 5) is 44.5. The van der Waals surface area contributed by atoms with Gasteiger partial charge in [0.2, 0.25) is 5.56 Å². The van der Waals surface area contributed by atoms with Gasteiger partial charge < -0.3 is 45.3 Å². The molecule has 0 aliphatic carbocycles. The van der Waals surface area contributed by atoms with E-state index in [1.165, 1.54) is 19.2 Å². The molecule has 2 bridgehead atoms. The molecule has 4 heterocycles. The molecule has 292 valence electrons. The number of carbonyl (C=O) groups excluding carboxylic acids is 1. The smallest absolute Gasteiger partial charge is 0.408 e. The predicted octanol–water partition coefficient (Wildman–Crippen LogP) is 5.90. The third kappa shape index (κ3) is 8.46. The van der Waals surface area contributed by atoms with Gasteiger partial charge in [0.25, 0.3) is 5.91 Å². The lowest BCUT2D eigenvalue weighted by Crippen LogP contribution is -2.59. The number of phenolic OH excluding ortho intramolecular Hbond substituents is 1. The Kier molecular flexibility index (Phi) is 11.8. The molecule has 0 saturated carbocycles. The summed E-state index contributed by atoms with van der Waals surface area (Å²) in [6.07, 6.45) is 0.00551. The van der Waals surface area contributed by atoms with Crippen LogP contribution in [0.1, 0.15) is 47.2 Å². The summed E-state index contributed by atoms with van der Waals surface area (Å²) in [5.41, 5.74) is 3.00. The number of fused-ring (bicyclic) bond motifs is 4. The molecule has 2 amide bonds. The first-order valence-electron chi connectivity index (χ1n) is 18.5. The number of aliphatic hydroxyl groups excluding tert-OH is 1. The van der Waals surface area contributed by atoms with Gasteiger partial charge in [0, 0.05) is 42.7 Å². The van der Waals surface area contributed by atoms with Gasteiger partial charge in [0.05, 0.1) is 41.5 Å². The van der Waals surface area contributed by atoms with E-state index in [9.17, 15) is 29.7 Å². The fraction of sp³-hybridized carbons (Fsp3) is 0.310. The summed E-state index contributed by atoms with van der Waals surface area (Å²) in [6.45, 7) is 2.76. The number of benzene rings is 4. The molecule has 5 aromatic rings. The lowest BCUT2D eigenvalue weighted by molar-refractivity contribution is -0.118. The zero-order valence-electron chi connectivity index (χ0n) is 30.8. The van der Waals surface area contributed by atoms with Crippen LogP contribution in [0, 0.1) is 5.92 Å². The highest BCUT2D eigenvalue weighted by atomic mass is 35.5. The number of rotatable bonds is 14. The fourth-order valence-corrected chi connectivity index (χ4v) is 8.21. The number of carboxylic acid groups (broad SMARTS) is 1. The Balaban J connectivity index is 1.00. The number of H-pyrrole nitrogens is 1. The maximum atomic E-state index is 13.2. The number of hydrogen-bond acceptors (Lipinski definition) is 9. The number of carbonyl (C=O) groups is 2. The molecule has 56 heavy (non-hydrogen) atoms. The molecule has 13 nitrogen and oxygen atoms in total. The van der Waals surface area contributed by atoms with Gasteiger partial charge in [-0.3, -0.25) is 14.5 Å². The summed E-state index contributed by atoms with van der Waals surface area (Å²) in [7, 11) is 1.50. The number of piperidine rings is 3. The number of nitrogens with one attached hydrogen (secondary N) is 3. The number of nitrogens with zero attached hydrogens (tertiary/aromatic N) is 2. The highest BCUT2D eigenvalue weighted by molar-refractivity contribution is 6.33. The molecular weight excluding hydrogens is 738 g/mol. The number of phenols is 1. The number of aromatic nitrogens is 1. The summed E-state index contributed by atoms with van der Waals surface area (Å²) in [5, 5.41) is 38.5. The van der Waals surface area contributed by atoms with Gasteiger partial charge in [-0.15, -0.1) is 0 Å². The van der Waals surface area contributed by atoms with E-state index in [-0.39, 0.29) is 47.6 Å². The number of anilines is 1. The largest absolute Gasteiger partial charge is 0.506 e. The standard InChI is InChI=1S/C42H44ClN5O8/c1-55-37-20-33(32(43)19-28(37)21-44-22-36(50)30-10-12-35(49)40-31(30)11-13-38(51)46-40)45-39(52)24-56-29-9-5-8-27(18-29)41(26-6-3-2-4-7-26)48(42(53)54)34-23-47-16-14-25(34)15-17-47/h2-13,18-20,25,34,36,41,44,49-50H,14-17,21-24H2,1H3,(H,45,52)(H,46,51)(H,53,54)/t34-,36+,41?/m0/s1. The van der Waals surface area contributed by atoms with Crippen molar-refractivity contribution in [2.75, 3.05) is 45.2 Å². The molecule has 3 saturated heterocycles. The van der Waals surface area contributed by atoms with Gasteiger partial charge >= 0.3 is 6.09 Å². The van der Waals surface area contributed by atoms with Crippen LogP contribution >= 0.6 is 11.6 Å². The zero-order chi connectivity index (χ0) is 39.3. The van der Waals surface area contributed by atoms with Gasteiger partial charge in [0.1, 0.15) is 17.2 Å². The Hall–Kier alpha value is -5.60. The Morgan fingerprint density at radius 3 is 2.48 bits per heavy atom. The maximum Gasteiger partial charge on any atom is 0.408 e. The molecule has 0 spiro atoms. The van der Waals surface area contributed by atoms with Crippen molar-refractivity contribution in [1.82, 2.24) is 20.1 Å².